The molecule has 0 aliphatic carbocycles. The van der Waals surface area contributed by atoms with Crippen molar-refractivity contribution < 1.29 is 0 Å². The Morgan fingerprint density at radius 1 is 1.41 bits per heavy atom. The first-order chi connectivity index (χ1) is 8.10. The van der Waals surface area contributed by atoms with Gasteiger partial charge in [-0.05, 0) is 40.5 Å². The third-order valence-corrected chi connectivity index (χ3v) is 3.42. The third-order valence-electron chi connectivity index (χ3n) is 1.98. The number of nitriles is 2. The predicted molar refractivity (Wildman–Crippen MR) is 70.0 cm³/mol. The first kappa shape index (κ1) is 13.4. The number of hydrazine groups is 1. The van der Waals surface area contributed by atoms with E-state index < -0.39 is 0 Å². The lowest BCUT2D eigenvalue weighted by molar-refractivity contribution is 1.05. The summed E-state index contributed by atoms with van der Waals surface area (Å²) in [6.07, 6.45) is 1.29. The Morgan fingerprint density at radius 2 is 2.06 bits per heavy atom. The summed E-state index contributed by atoms with van der Waals surface area (Å²) >= 11 is 9.33. The highest BCUT2D eigenvalue weighted by Gasteiger charge is 2.05. The van der Waals surface area contributed by atoms with Crippen LogP contribution in [0.25, 0.3) is 0 Å². The average Bonchev–Trinajstić information content (AvgIpc) is 2.34. The molecule has 0 aromatic heterocycles. The Kier molecular flexibility index (Phi) is 4.84. The zero-order chi connectivity index (χ0) is 12.8. The van der Waals surface area contributed by atoms with Gasteiger partial charge in [0, 0.05) is 15.7 Å². The van der Waals surface area contributed by atoms with Gasteiger partial charge in [-0.1, -0.05) is 11.6 Å². The van der Waals surface area contributed by atoms with Gasteiger partial charge in [-0.15, -0.1) is 0 Å². The molecule has 0 spiro atoms. The molecule has 0 aliphatic rings. The maximum absolute atomic E-state index is 8.52. The molecule has 0 unspecified atom stereocenters. The fourth-order valence-electron chi connectivity index (χ4n) is 1.03. The standard InChI is InChI=1S/C11H8BrClN4/c1-7-9(13)2-3-10(11(7)12)17-16-6-8(4-14)5-15/h2-3,6,16-17H,1H3. The van der Waals surface area contributed by atoms with Gasteiger partial charge in [0.05, 0.1) is 5.69 Å². The number of hydrogen-bond donors (Lipinski definition) is 2. The van der Waals surface area contributed by atoms with Gasteiger partial charge in [0.2, 0.25) is 0 Å². The highest BCUT2D eigenvalue weighted by atomic mass is 79.9. The van der Waals surface area contributed by atoms with Crippen LogP contribution in [0.4, 0.5) is 5.69 Å². The second-order valence-corrected chi connectivity index (χ2v) is 4.29. The zero-order valence-electron chi connectivity index (χ0n) is 8.88. The minimum Gasteiger partial charge on any atom is -0.306 e. The van der Waals surface area contributed by atoms with Crippen molar-refractivity contribution in [2.24, 2.45) is 0 Å². The van der Waals surface area contributed by atoms with Gasteiger partial charge in [-0.2, -0.15) is 10.5 Å². The van der Waals surface area contributed by atoms with E-state index in [1.54, 1.807) is 24.3 Å². The van der Waals surface area contributed by atoms with E-state index in [-0.39, 0.29) is 5.57 Å². The van der Waals surface area contributed by atoms with Gasteiger partial charge in [0.15, 0.2) is 0 Å². The van der Waals surface area contributed by atoms with Crippen LogP contribution >= 0.6 is 27.5 Å². The van der Waals surface area contributed by atoms with E-state index in [0.29, 0.717) is 5.02 Å². The van der Waals surface area contributed by atoms with E-state index >= 15 is 0 Å². The zero-order valence-corrected chi connectivity index (χ0v) is 11.2. The van der Waals surface area contributed by atoms with Crippen LogP contribution in [0.2, 0.25) is 5.02 Å². The molecular weight excluding hydrogens is 304 g/mol. The second-order valence-electron chi connectivity index (χ2n) is 3.08. The van der Waals surface area contributed by atoms with Crippen molar-refractivity contribution in [2.45, 2.75) is 6.92 Å². The van der Waals surface area contributed by atoms with Gasteiger partial charge in [-0.3, -0.25) is 0 Å². The highest BCUT2D eigenvalue weighted by Crippen LogP contribution is 2.30. The van der Waals surface area contributed by atoms with Crippen LogP contribution in [0, 0.1) is 29.6 Å². The van der Waals surface area contributed by atoms with E-state index in [1.807, 2.05) is 6.92 Å². The molecule has 1 aromatic rings. The van der Waals surface area contributed by atoms with Gasteiger partial charge in [-0.25, -0.2) is 0 Å². The van der Waals surface area contributed by atoms with Gasteiger partial charge in [0.1, 0.15) is 17.7 Å². The molecule has 0 radical (unpaired) electrons. The van der Waals surface area contributed by atoms with Gasteiger partial charge < -0.3 is 10.9 Å². The molecular formula is C11H8BrClN4. The van der Waals surface area contributed by atoms with Crippen LogP contribution in [0.1, 0.15) is 5.56 Å². The van der Waals surface area contributed by atoms with Crippen molar-refractivity contribution in [1.29, 1.82) is 10.5 Å². The van der Waals surface area contributed by atoms with Crippen LogP contribution in [-0.2, 0) is 0 Å². The molecule has 4 nitrogen and oxygen atoms in total. The predicted octanol–water partition coefficient (Wildman–Crippen LogP) is 3.26. The fourth-order valence-corrected chi connectivity index (χ4v) is 1.75. The Morgan fingerprint density at radius 3 is 2.65 bits per heavy atom. The summed E-state index contributed by atoms with van der Waals surface area (Å²) in [6, 6.07) is 7.01. The summed E-state index contributed by atoms with van der Waals surface area (Å²) in [5.74, 6) is 0. The molecule has 0 saturated heterocycles. The SMILES string of the molecule is Cc1c(Cl)ccc(NNC=C(C#N)C#N)c1Br. The lowest BCUT2D eigenvalue weighted by Crippen LogP contribution is -2.15. The Hall–Kier alpha value is -1.69. The van der Waals surface area contributed by atoms with Crippen LogP contribution < -0.4 is 10.9 Å². The smallest absolute Gasteiger partial charge is 0.147 e. The highest BCUT2D eigenvalue weighted by molar-refractivity contribution is 9.10. The molecule has 1 rings (SSSR count). The number of nitrogens with one attached hydrogen (secondary N) is 2. The van der Waals surface area contributed by atoms with E-state index in [1.165, 1.54) is 6.20 Å². The molecule has 0 atom stereocenters. The van der Waals surface area contributed by atoms with Crippen molar-refractivity contribution in [2.75, 3.05) is 5.43 Å². The largest absolute Gasteiger partial charge is 0.306 e. The van der Waals surface area contributed by atoms with Crippen molar-refractivity contribution in [1.82, 2.24) is 5.43 Å². The Bertz CT molecular complexity index is 524. The lowest BCUT2D eigenvalue weighted by atomic mass is 10.2. The maximum atomic E-state index is 8.52. The topological polar surface area (TPSA) is 71.6 Å². The molecule has 0 bridgehead atoms. The van der Waals surface area contributed by atoms with Crippen molar-refractivity contribution >= 4 is 33.2 Å². The molecule has 0 aliphatic heterocycles. The second kappa shape index (κ2) is 6.15. The Labute approximate surface area is 113 Å². The minimum absolute atomic E-state index is 0.0145. The summed E-state index contributed by atoms with van der Waals surface area (Å²) in [5, 5.41) is 17.7. The number of anilines is 1. The van der Waals surface area contributed by atoms with E-state index in [9.17, 15) is 0 Å². The number of allylic oxidation sites excluding steroid dienone is 1. The van der Waals surface area contributed by atoms with Gasteiger partial charge in [0.25, 0.3) is 0 Å². The van der Waals surface area contributed by atoms with Crippen molar-refractivity contribution in [3.05, 3.63) is 39.0 Å². The number of halogens is 2. The van der Waals surface area contributed by atoms with Crippen LogP contribution in [0.3, 0.4) is 0 Å². The monoisotopic (exact) mass is 310 g/mol. The minimum atomic E-state index is -0.0145. The van der Waals surface area contributed by atoms with Crippen molar-refractivity contribution in [3.8, 4) is 12.1 Å². The summed E-state index contributed by atoms with van der Waals surface area (Å²) in [7, 11) is 0. The summed E-state index contributed by atoms with van der Waals surface area (Å²) in [6.45, 7) is 1.88. The molecule has 1 aromatic carbocycles. The van der Waals surface area contributed by atoms with Crippen LogP contribution in [-0.4, -0.2) is 0 Å². The Balaban J connectivity index is 2.79. The number of rotatable bonds is 3. The third kappa shape index (κ3) is 3.39. The number of nitrogens with zero attached hydrogens (tertiary/aromatic N) is 2. The van der Waals surface area contributed by atoms with E-state index in [0.717, 1.165) is 15.7 Å². The molecule has 6 heteroatoms. The first-order valence-corrected chi connectivity index (χ1v) is 5.73. The number of benzene rings is 1. The normalized spacial score (nSPS) is 8.76. The molecule has 2 N–H and O–H groups in total. The maximum Gasteiger partial charge on any atom is 0.147 e. The lowest BCUT2D eigenvalue weighted by Gasteiger charge is -2.10. The van der Waals surface area contributed by atoms with E-state index in [2.05, 4.69) is 26.8 Å². The summed E-state index contributed by atoms with van der Waals surface area (Å²) in [4.78, 5) is 0. The molecule has 0 heterocycles. The average molecular weight is 312 g/mol. The van der Waals surface area contributed by atoms with E-state index in [4.69, 9.17) is 22.1 Å². The molecule has 17 heavy (non-hydrogen) atoms. The van der Waals surface area contributed by atoms with Crippen molar-refractivity contribution in [3.63, 3.8) is 0 Å². The molecule has 0 fully saturated rings. The number of hydrogen-bond acceptors (Lipinski definition) is 4. The summed E-state index contributed by atoms with van der Waals surface area (Å²) < 4.78 is 0.821. The first-order valence-electron chi connectivity index (χ1n) is 4.56. The molecule has 0 amide bonds. The van der Waals surface area contributed by atoms with Gasteiger partial charge >= 0.3 is 0 Å². The van der Waals surface area contributed by atoms with Crippen LogP contribution in [0.5, 0.6) is 0 Å². The van der Waals surface area contributed by atoms with Crippen LogP contribution in [0.15, 0.2) is 28.4 Å². The molecule has 86 valence electrons. The molecule has 0 saturated carbocycles. The quantitative estimate of drug-likeness (QED) is 0.664. The summed E-state index contributed by atoms with van der Waals surface area (Å²) in [5.41, 5.74) is 7.16. The fraction of sp³-hybridized carbons (Fsp3) is 0.0909.